The molecule has 0 fully saturated rings. The zero-order valence-corrected chi connectivity index (χ0v) is 12.0. The Bertz CT molecular complexity index is 616. The van der Waals surface area contributed by atoms with Crippen LogP contribution in [0.4, 0.5) is 5.69 Å². The van der Waals surface area contributed by atoms with Gasteiger partial charge in [-0.1, -0.05) is 23.7 Å². The molecule has 1 unspecified atom stereocenters. The molecule has 2 N–H and O–H groups in total. The number of rotatable bonds is 4. The van der Waals surface area contributed by atoms with Crippen LogP contribution in [-0.4, -0.2) is 11.3 Å². The summed E-state index contributed by atoms with van der Waals surface area (Å²) in [6.07, 6.45) is 0. The van der Waals surface area contributed by atoms with Crippen molar-refractivity contribution in [3.63, 3.8) is 0 Å². The standard InChI is InChI=1S/C14H14ClNO2S/c1-18-12-4-2-3-10(7-12)9-19(17)14-8-11(15)5-6-13(14)16/h2-8H,9,16H2,1H3. The number of benzene rings is 2. The molecule has 0 aliphatic rings. The normalized spacial score (nSPS) is 12.1. The van der Waals surface area contributed by atoms with Gasteiger partial charge in [-0.15, -0.1) is 0 Å². The average Bonchev–Trinajstić information content (AvgIpc) is 2.41. The Kier molecular flexibility index (Phi) is 4.45. The largest absolute Gasteiger partial charge is 0.497 e. The van der Waals surface area contributed by atoms with Crippen LogP contribution in [0.2, 0.25) is 5.02 Å². The van der Waals surface area contributed by atoms with E-state index in [1.54, 1.807) is 25.3 Å². The molecular formula is C14H14ClNO2S. The number of hydrogen-bond acceptors (Lipinski definition) is 3. The summed E-state index contributed by atoms with van der Waals surface area (Å²) in [7, 11) is 0.371. The number of methoxy groups -OCH3 is 1. The van der Waals surface area contributed by atoms with Crippen molar-refractivity contribution >= 4 is 28.1 Å². The second kappa shape index (κ2) is 6.08. The second-order valence-electron chi connectivity index (χ2n) is 4.02. The van der Waals surface area contributed by atoms with Gasteiger partial charge in [0.25, 0.3) is 0 Å². The van der Waals surface area contributed by atoms with Gasteiger partial charge < -0.3 is 10.5 Å². The minimum atomic E-state index is -1.23. The third-order valence-corrected chi connectivity index (χ3v) is 4.33. The number of anilines is 1. The third kappa shape index (κ3) is 3.49. The van der Waals surface area contributed by atoms with E-state index in [0.717, 1.165) is 11.3 Å². The predicted octanol–water partition coefficient (Wildman–Crippen LogP) is 3.24. The summed E-state index contributed by atoms with van der Waals surface area (Å²) in [6, 6.07) is 12.5. The SMILES string of the molecule is COc1cccc(CS(=O)c2cc(Cl)ccc2N)c1. The Morgan fingerprint density at radius 3 is 2.79 bits per heavy atom. The topological polar surface area (TPSA) is 52.3 Å². The zero-order chi connectivity index (χ0) is 13.8. The number of hydrogen-bond donors (Lipinski definition) is 1. The van der Waals surface area contributed by atoms with Crippen molar-refractivity contribution in [1.29, 1.82) is 0 Å². The molecule has 3 nitrogen and oxygen atoms in total. The molecule has 0 amide bonds. The summed E-state index contributed by atoms with van der Waals surface area (Å²) in [4.78, 5) is 0.565. The lowest BCUT2D eigenvalue weighted by Crippen LogP contribution is -2.01. The van der Waals surface area contributed by atoms with Gasteiger partial charge >= 0.3 is 0 Å². The highest BCUT2D eigenvalue weighted by atomic mass is 35.5. The summed E-state index contributed by atoms with van der Waals surface area (Å²) in [5.41, 5.74) is 7.24. The molecule has 0 radical (unpaired) electrons. The van der Waals surface area contributed by atoms with Gasteiger partial charge in [0, 0.05) is 10.7 Å². The van der Waals surface area contributed by atoms with Gasteiger partial charge in [0.15, 0.2) is 0 Å². The molecule has 0 heterocycles. The second-order valence-corrected chi connectivity index (χ2v) is 5.88. The molecule has 2 aromatic rings. The Labute approximate surface area is 119 Å². The van der Waals surface area contributed by atoms with Crippen LogP contribution in [-0.2, 0) is 16.6 Å². The van der Waals surface area contributed by atoms with Crippen LogP contribution in [0.15, 0.2) is 47.4 Å². The maximum Gasteiger partial charge on any atom is 0.119 e. The summed E-state index contributed by atoms with van der Waals surface area (Å²) in [5.74, 6) is 1.12. The van der Waals surface area contributed by atoms with Crippen molar-refractivity contribution in [3.05, 3.63) is 53.1 Å². The molecule has 2 aromatic carbocycles. The van der Waals surface area contributed by atoms with E-state index in [9.17, 15) is 4.21 Å². The zero-order valence-electron chi connectivity index (χ0n) is 10.4. The van der Waals surface area contributed by atoms with E-state index in [0.29, 0.717) is 21.4 Å². The highest BCUT2D eigenvalue weighted by Crippen LogP contribution is 2.24. The number of halogens is 1. The first-order valence-corrected chi connectivity index (χ1v) is 7.36. The van der Waals surface area contributed by atoms with Crippen molar-refractivity contribution in [2.45, 2.75) is 10.6 Å². The minimum Gasteiger partial charge on any atom is -0.497 e. The number of nitrogen functional groups attached to an aromatic ring is 1. The lowest BCUT2D eigenvalue weighted by Gasteiger charge is -2.07. The molecule has 19 heavy (non-hydrogen) atoms. The van der Waals surface area contributed by atoms with Crippen LogP contribution in [0.3, 0.4) is 0 Å². The van der Waals surface area contributed by atoms with E-state index in [-0.39, 0.29) is 0 Å². The summed E-state index contributed by atoms with van der Waals surface area (Å²) in [5, 5.41) is 0.531. The average molecular weight is 296 g/mol. The van der Waals surface area contributed by atoms with E-state index in [4.69, 9.17) is 22.1 Å². The van der Waals surface area contributed by atoms with E-state index >= 15 is 0 Å². The lowest BCUT2D eigenvalue weighted by molar-refractivity contribution is 0.414. The Balaban J connectivity index is 2.23. The van der Waals surface area contributed by atoms with E-state index in [1.807, 2.05) is 24.3 Å². The van der Waals surface area contributed by atoms with Gasteiger partial charge in [-0.3, -0.25) is 4.21 Å². The molecular weight excluding hydrogens is 282 g/mol. The van der Waals surface area contributed by atoms with Crippen molar-refractivity contribution < 1.29 is 8.95 Å². The summed E-state index contributed by atoms with van der Waals surface area (Å²) >= 11 is 5.90. The molecule has 5 heteroatoms. The van der Waals surface area contributed by atoms with Crippen LogP contribution in [0.25, 0.3) is 0 Å². The Morgan fingerprint density at radius 2 is 2.05 bits per heavy atom. The molecule has 0 aliphatic carbocycles. The number of ether oxygens (including phenoxy) is 1. The van der Waals surface area contributed by atoms with Gasteiger partial charge in [0.1, 0.15) is 5.75 Å². The fraction of sp³-hybridized carbons (Fsp3) is 0.143. The Morgan fingerprint density at radius 1 is 1.26 bits per heavy atom. The Hall–Kier alpha value is -1.52. The third-order valence-electron chi connectivity index (χ3n) is 2.65. The fourth-order valence-electron chi connectivity index (χ4n) is 1.70. The highest BCUT2D eigenvalue weighted by Gasteiger charge is 2.10. The summed E-state index contributed by atoms with van der Waals surface area (Å²) in [6.45, 7) is 0. The van der Waals surface area contributed by atoms with Gasteiger partial charge in [0.2, 0.25) is 0 Å². The molecule has 0 aromatic heterocycles. The highest BCUT2D eigenvalue weighted by molar-refractivity contribution is 7.84. The monoisotopic (exact) mass is 295 g/mol. The molecule has 2 rings (SSSR count). The van der Waals surface area contributed by atoms with Crippen LogP contribution in [0.5, 0.6) is 5.75 Å². The van der Waals surface area contributed by atoms with Crippen molar-refractivity contribution in [2.75, 3.05) is 12.8 Å². The van der Waals surface area contributed by atoms with Crippen molar-refractivity contribution in [2.24, 2.45) is 0 Å². The number of nitrogens with two attached hydrogens (primary N) is 1. The van der Waals surface area contributed by atoms with Crippen molar-refractivity contribution in [1.82, 2.24) is 0 Å². The van der Waals surface area contributed by atoms with Gasteiger partial charge in [-0.05, 0) is 35.9 Å². The molecule has 0 spiro atoms. The summed E-state index contributed by atoms with van der Waals surface area (Å²) < 4.78 is 17.5. The minimum absolute atomic E-state index is 0.377. The van der Waals surface area contributed by atoms with Crippen LogP contribution >= 0.6 is 11.6 Å². The lowest BCUT2D eigenvalue weighted by atomic mass is 10.2. The fourth-order valence-corrected chi connectivity index (χ4v) is 3.16. The maximum atomic E-state index is 12.3. The molecule has 0 saturated carbocycles. The molecule has 100 valence electrons. The first-order chi connectivity index (χ1) is 9.10. The molecule has 0 bridgehead atoms. The molecule has 0 aliphatic heterocycles. The quantitative estimate of drug-likeness (QED) is 0.881. The molecule has 1 atom stereocenters. The van der Waals surface area contributed by atoms with Gasteiger partial charge in [-0.25, -0.2) is 0 Å². The predicted molar refractivity (Wildman–Crippen MR) is 79.0 cm³/mol. The van der Waals surface area contributed by atoms with E-state index < -0.39 is 10.8 Å². The van der Waals surface area contributed by atoms with Gasteiger partial charge in [-0.2, -0.15) is 0 Å². The molecule has 0 saturated heterocycles. The van der Waals surface area contributed by atoms with Crippen LogP contribution in [0.1, 0.15) is 5.56 Å². The maximum absolute atomic E-state index is 12.3. The van der Waals surface area contributed by atoms with E-state index in [1.165, 1.54) is 0 Å². The van der Waals surface area contributed by atoms with Gasteiger partial charge in [0.05, 0.1) is 28.6 Å². The first kappa shape index (κ1) is 13.9. The first-order valence-electron chi connectivity index (χ1n) is 5.66. The smallest absolute Gasteiger partial charge is 0.119 e. The van der Waals surface area contributed by atoms with E-state index in [2.05, 4.69) is 0 Å². The van der Waals surface area contributed by atoms with Crippen LogP contribution in [0, 0.1) is 0 Å². The van der Waals surface area contributed by atoms with Crippen molar-refractivity contribution in [3.8, 4) is 5.75 Å². The van der Waals surface area contributed by atoms with Crippen LogP contribution < -0.4 is 10.5 Å².